The van der Waals surface area contributed by atoms with Gasteiger partial charge in [-0.1, -0.05) is 42.2 Å². The van der Waals surface area contributed by atoms with E-state index in [1.807, 2.05) is 30.3 Å². The van der Waals surface area contributed by atoms with Gasteiger partial charge in [-0.05, 0) is 36.6 Å². The van der Waals surface area contributed by atoms with Gasteiger partial charge < -0.3 is 25.2 Å². The van der Waals surface area contributed by atoms with Gasteiger partial charge in [-0.15, -0.1) is 0 Å². The highest BCUT2D eigenvalue weighted by Gasteiger charge is 2.32. The number of fused-ring (bicyclic) bond motifs is 1. The van der Waals surface area contributed by atoms with Gasteiger partial charge in [0.1, 0.15) is 18.4 Å². The number of hydrogen-bond acceptors (Lipinski definition) is 5. The van der Waals surface area contributed by atoms with Crippen molar-refractivity contribution in [3.63, 3.8) is 0 Å². The lowest BCUT2D eigenvalue weighted by Gasteiger charge is -2.20. The molecule has 0 spiro atoms. The second-order valence-corrected chi connectivity index (χ2v) is 9.16. The van der Waals surface area contributed by atoms with Crippen molar-refractivity contribution >= 4 is 29.3 Å². The number of nitrogens with zero attached hydrogens (tertiary/aromatic N) is 2. The molecule has 2 atom stereocenters. The van der Waals surface area contributed by atoms with Crippen LogP contribution in [0.5, 0.6) is 5.75 Å². The summed E-state index contributed by atoms with van der Waals surface area (Å²) < 4.78 is 5.78. The van der Waals surface area contributed by atoms with Crippen LogP contribution in [0.3, 0.4) is 0 Å². The number of carbonyl (C=O) groups is 4. The molecule has 1 saturated heterocycles. The minimum atomic E-state index is -1.02. The minimum absolute atomic E-state index is 0.0779. The Morgan fingerprint density at radius 2 is 1.84 bits per heavy atom. The number of likely N-dealkylation sites (tertiary alicyclic amines) is 1. The number of anilines is 1. The van der Waals surface area contributed by atoms with E-state index >= 15 is 0 Å². The zero-order chi connectivity index (χ0) is 26.4. The molecule has 0 aliphatic carbocycles. The SMILES string of the molecule is CN1CCC(CC#Cc2ccc3c(c2)N(C)C(=O)[C@@H](NC(=O)C(=O)NCCc2ccccc2)CO3)C1=O. The van der Waals surface area contributed by atoms with E-state index in [-0.39, 0.29) is 18.4 Å². The summed E-state index contributed by atoms with van der Waals surface area (Å²) in [5.41, 5.74) is 2.23. The van der Waals surface area contributed by atoms with Crippen LogP contribution in [0.4, 0.5) is 5.69 Å². The number of amides is 4. The Labute approximate surface area is 216 Å². The molecule has 0 radical (unpaired) electrons. The highest BCUT2D eigenvalue weighted by molar-refractivity contribution is 6.35. The molecule has 2 heterocycles. The predicted octanol–water partition coefficient (Wildman–Crippen LogP) is 1.11. The first-order chi connectivity index (χ1) is 17.8. The molecule has 192 valence electrons. The standard InChI is InChI=1S/C28H30N4O5/c1-31-16-14-21(27(31)35)10-6-9-20-11-12-24-23(17-20)32(2)28(36)22(18-37-24)30-26(34)25(33)29-15-13-19-7-4-3-5-8-19/h3-5,7-8,11-12,17,21-22H,10,13-16,18H2,1-2H3,(H,29,33)(H,30,34)/t21?,22-/m0/s1. The Hall–Kier alpha value is -4.32. The van der Waals surface area contributed by atoms with E-state index in [4.69, 9.17) is 4.74 Å². The molecule has 1 unspecified atom stereocenters. The lowest BCUT2D eigenvalue weighted by Crippen LogP contribution is -2.53. The maximum absolute atomic E-state index is 13.1. The number of nitrogens with one attached hydrogen (secondary N) is 2. The van der Waals surface area contributed by atoms with E-state index in [0.717, 1.165) is 18.5 Å². The van der Waals surface area contributed by atoms with Crippen molar-refractivity contribution in [3.8, 4) is 17.6 Å². The van der Waals surface area contributed by atoms with Gasteiger partial charge in [-0.2, -0.15) is 0 Å². The van der Waals surface area contributed by atoms with Gasteiger partial charge >= 0.3 is 11.8 Å². The van der Waals surface area contributed by atoms with Crippen molar-refractivity contribution in [3.05, 3.63) is 59.7 Å². The lowest BCUT2D eigenvalue weighted by molar-refractivity contribution is -0.140. The van der Waals surface area contributed by atoms with Gasteiger partial charge in [-0.25, -0.2) is 0 Å². The van der Waals surface area contributed by atoms with Crippen LogP contribution in [0.25, 0.3) is 0 Å². The van der Waals surface area contributed by atoms with Gasteiger partial charge in [0.25, 0.3) is 5.91 Å². The number of benzene rings is 2. The fraction of sp³-hybridized carbons (Fsp3) is 0.357. The van der Waals surface area contributed by atoms with Crippen molar-refractivity contribution in [1.82, 2.24) is 15.5 Å². The molecule has 0 aromatic heterocycles. The maximum Gasteiger partial charge on any atom is 0.310 e. The van der Waals surface area contributed by atoms with Crippen molar-refractivity contribution in [2.24, 2.45) is 5.92 Å². The Kier molecular flexibility index (Phi) is 8.08. The molecular weight excluding hydrogens is 472 g/mol. The van der Waals surface area contributed by atoms with Crippen molar-refractivity contribution in [1.29, 1.82) is 0 Å². The molecule has 9 nitrogen and oxygen atoms in total. The zero-order valence-electron chi connectivity index (χ0n) is 21.0. The van der Waals surface area contributed by atoms with Crippen molar-refractivity contribution < 1.29 is 23.9 Å². The first-order valence-corrected chi connectivity index (χ1v) is 12.2. The lowest BCUT2D eigenvalue weighted by atomic mass is 10.0. The molecule has 9 heteroatoms. The van der Waals surface area contributed by atoms with Crippen LogP contribution in [0.2, 0.25) is 0 Å². The van der Waals surface area contributed by atoms with Crippen LogP contribution >= 0.6 is 0 Å². The predicted molar refractivity (Wildman–Crippen MR) is 138 cm³/mol. The average molecular weight is 503 g/mol. The molecular formula is C28H30N4O5. The normalized spacial score (nSPS) is 18.8. The summed E-state index contributed by atoms with van der Waals surface area (Å²) in [6.45, 7) is 0.939. The van der Waals surface area contributed by atoms with Gasteiger partial charge in [0, 0.05) is 39.2 Å². The van der Waals surface area contributed by atoms with Crippen LogP contribution in [-0.2, 0) is 25.6 Å². The summed E-state index contributed by atoms with van der Waals surface area (Å²) in [7, 11) is 3.38. The first kappa shape index (κ1) is 25.8. The fourth-order valence-electron chi connectivity index (χ4n) is 4.31. The molecule has 4 rings (SSSR count). The Morgan fingerprint density at radius 1 is 1.05 bits per heavy atom. The number of rotatable bonds is 5. The molecule has 0 saturated carbocycles. The smallest absolute Gasteiger partial charge is 0.310 e. The molecule has 2 aromatic rings. The topological polar surface area (TPSA) is 108 Å². The second kappa shape index (κ2) is 11.6. The van der Waals surface area contributed by atoms with E-state index in [9.17, 15) is 19.2 Å². The largest absolute Gasteiger partial charge is 0.489 e. The number of hydrogen-bond donors (Lipinski definition) is 2. The summed E-state index contributed by atoms with van der Waals surface area (Å²) in [5.74, 6) is 4.54. The minimum Gasteiger partial charge on any atom is -0.489 e. The molecule has 37 heavy (non-hydrogen) atoms. The summed E-state index contributed by atoms with van der Waals surface area (Å²) >= 11 is 0. The molecule has 2 aliphatic heterocycles. The van der Waals surface area contributed by atoms with Crippen LogP contribution in [0, 0.1) is 17.8 Å². The van der Waals surface area contributed by atoms with Crippen LogP contribution < -0.4 is 20.3 Å². The van der Waals surface area contributed by atoms with Crippen molar-refractivity contribution in [2.75, 3.05) is 38.7 Å². The number of likely N-dealkylation sites (N-methyl/N-ethyl adjacent to an activating group) is 1. The number of ether oxygens (including phenoxy) is 1. The Bertz CT molecular complexity index is 1250. The zero-order valence-corrected chi connectivity index (χ0v) is 21.0. The molecule has 2 aliphatic rings. The van der Waals surface area contributed by atoms with Gasteiger partial charge in [0.05, 0.1) is 11.6 Å². The quantitative estimate of drug-likeness (QED) is 0.471. The van der Waals surface area contributed by atoms with Gasteiger partial charge in [0.2, 0.25) is 5.91 Å². The van der Waals surface area contributed by atoms with Crippen LogP contribution in [0.15, 0.2) is 48.5 Å². The van der Waals surface area contributed by atoms with Gasteiger partial charge in [-0.3, -0.25) is 19.2 Å². The summed E-state index contributed by atoms with van der Waals surface area (Å²) in [4.78, 5) is 52.9. The molecule has 0 bridgehead atoms. The molecule has 1 fully saturated rings. The number of carbonyl (C=O) groups excluding carboxylic acids is 4. The van der Waals surface area contributed by atoms with Crippen molar-refractivity contribution in [2.45, 2.75) is 25.3 Å². The monoisotopic (exact) mass is 502 g/mol. The van der Waals surface area contributed by atoms with Gasteiger partial charge in [0.15, 0.2) is 0 Å². The third-order valence-electron chi connectivity index (χ3n) is 6.53. The highest BCUT2D eigenvalue weighted by atomic mass is 16.5. The van der Waals surface area contributed by atoms with E-state index in [1.165, 1.54) is 4.90 Å². The maximum atomic E-state index is 13.1. The van der Waals surface area contributed by atoms with E-state index in [2.05, 4.69) is 22.5 Å². The Morgan fingerprint density at radius 3 is 2.57 bits per heavy atom. The first-order valence-electron chi connectivity index (χ1n) is 12.2. The third kappa shape index (κ3) is 6.28. The Balaban J connectivity index is 1.34. The average Bonchev–Trinajstić information content (AvgIpc) is 3.17. The summed E-state index contributed by atoms with van der Waals surface area (Å²) in [5, 5.41) is 5.06. The summed E-state index contributed by atoms with van der Waals surface area (Å²) in [6, 6.07) is 13.8. The molecule has 4 amide bonds. The second-order valence-electron chi connectivity index (χ2n) is 9.16. The van der Waals surface area contributed by atoms with E-state index in [0.29, 0.717) is 36.4 Å². The molecule has 2 N–H and O–H groups in total. The fourth-order valence-corrected chi connectivity index (χ4v) is 4.31. The van der Waals surface area contributed by atoms with Crippen LogP contribution in [0.1, 0.15) is 24.0 Å². The van der Waals surface area contributed by atoms with Crippen LogP contribution in [-0.4, -0.2) is 68.4 Å². The highest BCUT2D eigenvalue weighted by Crippen LogP contribution is 2.31. The molecule has 2 aromatic carbocycles. The summed E-state index contributed by atoms with van der Waals surface area (Å²) in [6.07, 6.45) is 1.87. The third-order valence-corrected chi connectivity index (χ3v) is 6.53. The van der Waals surface area contributed by atoms with E-state index in [1.54, 1.807) is 37.2 Å². The van der Waals surface area contributed by atoms with E-state index < -0.39 is 23.8 Å².